The Bertz CT molecular complexity index is 1470. The molecule has 3 aromatic rings. The van der Waals surface area contributed by atoms with E-state index in [1.165, 1.54) is 11.3 Å². The normalized spacial score (nSPS) is 20.1. The molecule has 0 spiro atoms. The van der Waals surface area contributed by atoms with E-state index in [1.807, 2.05) is 71.6 Å². The zero-order valence-electron chi connectivity index (χ0n) is 27.9. The third-order valence-electron chi connectivity index (χ3n) is 9.27. The van der Waals surface area contributed by atoms with Crippen LogP contribution in [-0.4, -0.2) is 55.5 Å². The number of piperidine rings is 1. The van der Waals surface area contributed by atoms with E-state index in [4.69, 9.17) is 9.47 Å². The Balaban J connectivity index is 1.49. The van der Waals surface area contributed by atoms with Crippen molar-refractivity contribution in [3.63, 3.8) is 0 Å². The molecule has 1 amide bonds. The summed E-state index contributed by atoms with van der Waals surface area (Å²) in [7, 11) is 2.11. The maximum atomic E-state index is 14.5. The zero-order valence-corrected chi connectivity index (χ0v) is 28.7. The van der Waals surface area contributed by atoms with Crippen LogP contribution in [0.4, 0.5) is 5.69 Å². The highest BCUT2D eigenvalue weighted by molar-refractivity contribution is 7.18. The lowest BCUT2D eigenvalue weighted by molar-refractivity contribution is -0.161. The van der Waals surface area contributed by atoms with Crippen LogP contribution in [0.15, 0.2) is 66.7 Å². The fourth-order valence-corrected chi connectivity index (χ4v) is 7.34. The molecule has 1 aliphatic heterocycles. The standard InChI is InChI=1S/C38H48N2O5S/c1-26-16-18-29(19-17-26)35(41)40(30-20-22-39(5)23-21-30)31-24-33(28-14-10-7-11-15-28)46-34(31)36(42)44-25-32(27-12-8-6-9-13-27)45-37(43)38(2,3)4/h6-15,24,26,29-30,32H,16-23,25H2,1-5H3. The van der Waals surface area contributed by atoms with Crippen LogP contribution in [0.25, 0.3) is 10.4 Å². The van der Waals surface area contributed by atoms with Gasteiger partial charge in [0.2, 0.25) is 5.91 Å². The Morgan fingerprint density at radius 1 is 0.913 bits per heavy atom. The van der Waals surface area contributed by atoms with E-state index in [0.29, 0.717) is 16.5 Å². The summed E-state index contributed by atoms with van der Waals surface area (Å²) in [5.41, 5.74) is 1.65. The van der Waals surface area contributed by atoms with E-state index >= 15 is 0 Å². The molecular weight excluding hydrogens is 596 g/mol. The first-order chi connectivity index (χ1) is 22.0. The molecule has 0 bridgehead atoms. The van der Waals surface area contributed by atoms with Crippen LogP contribution in [0.2, 0.25) is 0 Å². The van der Waals surface area contributed by atoms with Crippen LogP contribution < -0.4 is 4.90 Å². The second-order valence-electron chi connectivity index (χ2n) is 14.0. The van der Waals surface area contributed by atoms with Crippen molar-refractivity contribution in [3.05, 3.63) is 77.2 Å². The average molecular weight is 645 g/mol. The highest BCUT2D eigenvalue weighted by Gasteiger charge is 2.38. The molecule has 1 saturated heterocycles. The number of hydrogen-bond acceptors (Lipinski definition) is 7. The number of thiophene rings is 1. The topological polar surface area (TPSA) is 76.1 Å². The Morgan fingerprint density at radius 3 is 2.13 bits per heavy atom. The molecule has 2 aliphatic rings. The Morgan fingerprint density at radius 2 is 1.52 bits per heavy atom. The van der Waals surface area contributed by atoms with E-state index < -0.39 is 17.5 Å². The van der Waals surface area contributed by atoms with Crippen LogP contribution >= 0.6 is 11.3 Å². The lowest BCUT2D eigenvalue weighted by Gasteiger charge is -2.40. The van der Waals surface area contributed by atoms with E-state index in [9.17, 15) is 14.4 Å². The number of amides is 1. The number of carbonyl (C=O) groups is 3. The van der Waals surface area contributed by atoms with Crippen molar-refractivity contribution in [1.29, 1.82) is 0 Å². The number of rotatable bonds is 9. The Hall–Kier alpha value is -3.49. The number of nitrogens with zero attached hydrogens (tertiary/aromatic N) is 2. The second kappa shape index (κ2) is 14.9. The molecule has 1 aliphatic carbocycles. The van der Waals surface area contributed by atoms with Gasteiger partial charge in [-0.3, -0.25) is 9.59 Å². The largest absolute Gasteiger partial charge is 0.457 e. The summed E-state index contributed by atoms with van der Waals surface area (Å²) in [6, 6.07) is 21.3. The van der Waals surface area contributed by atoms with Crippen LogP contribution in [0.1, 0.15) is 87.6 Å². The number of hydrogen-bond donors (Lipinski definition) is 0. The first kappa shape index (κ1) is 33.9. The number of benzene rings is 2. The molecule has 5 rings (SSSR count). The molecule has 1 atom stereocenters. The van der Waals surface area contributed by atoms with Gasteiger partial charge in [-0.2, -0.15) is 0 Å². The molecule has 1 unspecified atom stereocenters. The molecular formula is C38H48N2O5S. The molecule has 7 nitrogen and oxygen atoms in total. The monoisotopic (exact) mass is 644 g/mol. The van der Waals surface area contributed by atoms with Gasteiger partial charge in [0.25, 0.3) is 0 Å². The van der Waals surface area contributed by atoms with Crippen molar-refractivity contribution in [3.8, 4) is 10.4 Å². The highest BCUT2D eigenvalue weighted by Crippen LogP contribution is 2.41. The third kappa shape index (κ3) is 8.26. The van der Waals surface area contributed by atoms with Gasteiger partial charge in [-0.15, -0.1) is 11.3 Å². The van der Waals surface area contributed by atoms with Crippen LogP contribution in [0, 0.1) is 17.3 Å². The minimum atomic E-state index is -0.760. The fraction of sp³-hybridized carbons (Fsp3) is 0.500. The van der Waals surface area contributed by atoms with Gasteiger partial charge in [0.15, 0.2) is 6.10 Å². The molecule has 2 heterocycles. The van der Waals surface area contributed by atoms with Gasteiger partial charge < -0.3 is 19.3 Å². The lowest BCUT2D eigenvalue weighted by atomic mass is 9.82. The smallest absolute Gasteiger partial charge is 0.350 e. The summed E-state index contributed by atoms with van der Waals surface area (Å²) in [4.78, 5) is 47.1. The molecule has 1 aromatic heterocycles. The SMILES string of the molecule is CC1CCC(C(=O)N(c2cc(-c3ccccc3)sc2C(=O)OCC(OC(=O)C(C)(C)C)c2ccccc2)C2CCN(C)CC2)CC1. The molecule has 46 heavy (non-hydrogen) atoms. The number of likely N-dealkylation sites (tertiary alicyclic amines) is 1. The van der Waals surface area contributed by atoms with Crippen molar-refractivity contribution >= 4 is 34.9 Å². The zero-order chi connectivity index (χ0) is 32.8. The van der Waals surface area contributed by atoms with Gasteiger partial charge >= 0.3 is 11.9 Å². The summed E-state index contributed by atoms with van der Waals surface area (Å²) >= 11 is 1.36. The van der Waals surface area contributed by atoms with Crippen LogP contribution in [-0.2, 0) is 19.1 Å². The van der Waals surface area contributed by atoms with Crippen molar-refractivity contribution in [1.82, 2.24) is 4.90 Å². The Kier molecular flexibility index (Phi) is 11.0. The van der Waals surface area contributed by atoms with E-state index in [-0.39, 0.29) is 30.4 Å². The predicted octanol–water partition coefficient (Wildman–Crippen LogP) is 8.16. The van der Waals surface area contributed by atoms with Crippen LogP contribution in [0.3, 0.4) is 0 Å². The van der Waals surface area contributed by atoms with E-state index in [2.05, 4.69) is 18.9 Å². The summed E-state index contributed by atoms with van der Waals surface area (Å²) in [6.07, 6.45) is 4.75. The summed E-state index contributed by atoms with van der Waals surface area (Å²) in [6.45, 7) is 9.31. The highest BCUT2D eigenvalue weighted by atomic mass is 32.1. The van der Waals surface area contributed by atoms with Gasteiger partial charge in [0.05, 0.1) is 11.1 Å². The third-order valence-corrected chi connectivity index (χ3v) is 10.4. The summed E-state index contributed by atoms with van der Waals surface area (Å²) < 4.78 is 11.9. The maximum absolute atomic E-state index is 14.5. The van der Waals surface area contributed by atoms with Crippen molar-refractivity contribution in [2.75, 3.05) is 31.6 Å². The van der Waals surface area contributed by atoms with Gasteiger partial charge in [-0.1, -0.05) is 67.6 Å². The fourth-order valence-electron chi connectivity index (χ4n) is 6.29. The maximum Gasteiger partial charge on any atom is 0.350 e. The predicted molar refractivity (Wildman–Crippen MR) is 184 cm³/mol. The minimum absolute atomic E-state index is 0.00219. The molecule has 8 heteroatoms. The van der Waals surface area contributed by atoms with Gasteiger partial charge in [0.1, 0.15) is 11.5 Å². The van der Waals surface area contributed by atoms with Crippen molar-refractivity contribution in [2.45, 2.75) is 78.4 Å². The van der Waals surface area contributed by atoms with Crippen molar-refractivity contribution < 1.29 is 23.9 Å². The molecule has 0 N–H and O–H groups in total. The summed E-state index contributed by atoms with van der Waals surface area (Å²) in [5, 5.41) is 0. The number of esters is 2. The molecule has 246 valence electrons. The van der Waals surface area contributed by atoms with Gasteiger partial charge in [0, 0.05) is 16.8 Å². The van der Waals surface area contributed by atoms with Gasteiger partial charge in [-0.05, 0) is 103 Å². The van der Waals surface area contributed by atoms with E-state index in [1.54, 1.807) is 20.8 Å². The first-order valence-corrected chi connectivity index (χ1v) is 17.5. The average Bonchev–Trinajstić information content (AvgIpc) is 3.49. The molecule has 2 aromatic carbocycles. The quantitative estimate of drug-likeness (QED) is 0.219. The van der Waals surface area contributed by atoms with E-state index in [0.717, 1.165) is 67.6 Å². The number of ether oxygens (including phenoxy) is 2. The number of anilines is 1. The van der Waals surface area contributed by atoms with Crippen molar-refractivity contribution in [2.24, 2.45) is 17.3 Å². The Labute approximate surface area is 277 Å². The molecule has 2 fully saturated rings. The summed E-state index contributed by atoms with van der Waals surface area (Å²) in [5.74, 6) is -0.199. The minimum Gasteiger partial charge on any atom is -0.457 e. The number of carbonyl (C=O) groups excluding carboxylic acids is 3. The molecule has 1 saturated carbocycles. The molecule has 0 radical (unpaired) electrons. The van der Waals surface area contributed by atoms with Crippen LogP contribution in [0.5, 0.6) is 0 Å². The first-order valence-electron chi connectivity index (χ1n) is 16.6. The van der Waals surface area contributed by atoms with Gasteiger partial charge in [-0.25, -0.2) is 4.79 Å². The lowest BCUT2D eigenvalue weighted by Crippen LogP contribution is -2.49. The second-order valence-corrected chi connectivity index (χ2v) is 15.1.